The third kappa shape index (κ3) is 3.61. The number of imide groups is 1. The highest BCUT2D eigenvalue weighted by atomic mass is 16.2. The first-order valence-electron chi connectivity index (χ1n) is 9.44. The number of nitrogens with one attached hydrogen (secondary N) is 1. The molecule has 4 heterocycles. The Morgan fingerprint density at radius 1 is 1.17 bits per heavy atom. The number of amides is 3. The van der Waals surface area contributed by atoms with Crippen molar-refractivity contribution in [3.8, 4) is 11.3 Å². The predicted molar refractivity (Wildman–Crippen MR) is 106 cm³/mol. The molecule has 29 heavy (non-hydrogen) atoms. The van der Waals surface area contributed by atoms with Crippen molar-refractivity contribution in [1.29, 1.82) is 0 Å². The second kappa shape index (κ2) is 7.46. The summed E-state index contributed by atoms with van der Waals surface area (Å²) in [5, 5.41) is 2.75. The molecule has 2 aliphatic heterocycles. The topological polar surface area (TPSA) is 95.5 Å². The second-order valence-electron chi connectivity index (χ2n) is 7.17. The van der Waals surface area contributed by atoms with Gasteiger partial charge in [0, 0.05) is 36.6 Å². The van der Waals surface area contributed by atoms with Gasteiger partial charge in [-0.05, 0) is 44.0 Å². The predicted octanol–water partition coefficient (Wildman–Crippen LogP) is 1.74. The second-order valence-corrected chi connectivity index (χ2v) is 7.17. The Kier molecular flexibility index (Phi) is 4.84. The van der Waals surface area contributed by atoms with Crippen LogP contribution in [0.2, 0.25) is 0 Å². The summed E-state index contributed by atoms with van der Waals surface area (Å²) in [6.07, 6.45) is 2.96. The zero-order valence-electron chi connectivity index (χ0n) is 16.3. The zero-order chi connectivity index (χ0) is 20.5. The Bertz CT molecular complexity index is 1030. The maximum Gasteiger partial charge on any atom is 0.277 e. The number of carbonyl (C=O) groups is 3. The lowest BCUT2D eigenvalue weighted by atomic mass is 10.0. The molecule has 2 aliphatic rings. The molecule has 0 radical (unpaired) electrons. The molecule has 0 aromatic carbocycles. The van der Waals surface area contributed by atoms with E-state index in [4.69, 9.17) is 0 Å². The number of hydrogen-bond donors (Lipinski definition) is 1. The normalized spacial score (nSPS) is 16.3. The number of likely N-dealkylation sites (N-methyl/N-ethyl adjacent to an activating group) is 1. The molecule has 0 spiro atoms. The van der Waals surface area contributed by atoms with E-state index in [1.54, 1.807) is 17.2 Å². The van der Waals surface area contributed by atoms with Crippen LogP contribution in [0.5, 0.6) is 0 Å². The van der Waals surface area contributed by atoms with Gasteiger partial charge in [-0.25, -0.2) is 4.98 Å². The molecule has 2 aromatic heterocycles. The van der Waals surface area contributed by atoms with Gasteiger partial charge in [-0.1, -0.05) is 6.07 Å². The molecule has 8 nitrogen and oxygen atoms in total. The molecule has 3 amide bonds. The first-order valence-corrected chi connectivity index (χ1v) is 9.44. The number of rotatable bonds is 4. The highest BCUT2D eigenvalue weighted by molar-refractivity contribution is 6.19. The third-order valence-electron chi connectivity index (χ3n) is 5.08. The summed E-state index contributed by atoms with van der Waals surface area (Å²) in [5.74, 6) is -0.478. The fourth-order valence-corrected chi connectivity index (χ4v) is 3.63. The third-order valence-corrected chi connectivity index (χ3v) is 5.08. The van der Waals surface area contributed by atoms with Crippen molar-refractivity contribution >= 4 is 23.5 Å². The molecule has 4 rings (SSSR count). The monoisotopic (exact) mass is 391 g/mol. The number of hydrogen-bond acceptors (Lipinski definition) is 6. The first-order chi connectivity index (χ1) is 13.9. The van der Waals surface area contributed by atoms with E-state index in [0.29, 0.717) is 30.1 Å². The van der Waals surface area contributed by atoms with Gasteiger partial charge in [0.05, 0.1) is 12.2 Å². The van der Waals surface area contributed by atoms with E-state index >= 15 is 0 Å². The molecule has 0 aliphatic carbocycles. The summed E-state index contributed by atoms with van der Waals surface area (Å²) in [7, 11) is 1.47. The lowest BCUT2D eigenvalue weighted by molar-refractivity contribution is -0.136. The number of aryl methyl sites for hydroxylation is 1. The number of anilines is 1. The molecule has 0 unspecified atom stereocenters. The number of pyridine rings is 2. The van der Waals surface area contributed by atoms with Crippen molar-refractivity contribution in [3.63, 3.8) is 0 Å². The summed E-state index contributed by atoms with van der Waals surface area (Å²) in [5.41, 5.74) is 3.45. The van der Waals surface area contributed by atoms with E-state index in [1.165, 1.54) is 7.05 Å². The van der Waals surface area contributed by atoms with E-state index in [0.717, 1.165) is 28.3 Å². The van der Waals surface area contributed by atoms with Crippen LogP contribution in [-0.4, -0.2) is 57.6 Å². The van der Waals surface area contributed by atoms with Crippen LogP contribution in [0.15, 0.2) is 47.8 Å². The van der Waals surface area contributed by atoms with Gasteiger partial charge in [0.1, 0.15) is 11.5 Å². The number of aromatic nitrogens is 2. The van der Waals surface area contributed by atoms with Crippen LogP contribution in [0.4, 0.5) is 5.82 Å². The van der Waals surface area contributed by atoms with E-state index in [-0.39, 0.29) is 24.3 Å². The van der Waals surface area contributed by atoms with Crippen molar-refractivity contribution in [3.05, 3.63) is 53.5 Å². The minimum atomic E-state index is -0.342. The van der Waals surface area contributed by atoms with E-state index in [1.807, 2.05) is 31.2 Å². The van der Waals surface area contributed by atoms with E-state index in [2.05, 4.69) is 15.3 Å². The summed E-state index contributed by atoms with van der Waals surface area (Å²) in [6, 6.07) is 9.33. The van der Waals surface area contributed by atoms with Gasteiger partial charge < -0.3 is 10.2 Å². The van der Waals surface area contributed by atoms with Gasteiger partial charge in [-0.2, -0.15) is 0 Å². The highest BCUT2D eigenvalue weighted by Crippen LogP contribution is 2.30. The smallest absolute Gasteiger partial charge is 0.277 e. The molecule has 0 bridgehead atoms. The van der Waals surface area contributed by atoms with Gasteiger partial charge in [-0.15, -0.1) is 0 Å². The lowest BCUT2D eigenvalue weighted by Gasteiger charge is -2.28. The Morgan fingerprint density at radius 2 is 2.00 bits per heavy atom. The summed E-state index contributed by atoms with van der Waals surface area (Å²) in [6.45, 7) is 2.48. The molecule has 0 saturated heterocycles. The molecule has 1 N–H and O–H groups in total. The average Bonchev–Trinajstić information content (AvgIpc) is 2.93. The maximum atomic E-state index is 12.5. The molecular formula is C21H21N5O3. The summed E-state index contributed by atoms with van der Waals surface area (Å²) < 4.78 is 0. The van der Waals surface area contributed by atoms with Gasteiger partial charge in [-0.3, -0.25) is 24.3 Å². The van der Waals surface area contributed by atoms with Crippen molar-refractivity contribution in [1.82, 2.24) is 19.8 Å². The fourth-order valence-electron chi connectivity index (χ4n) is 3.63. The molecule has 8 heteroatoms. The number of carbonyl (C=O) groups excluding carboxylic acids is 3. The van der Waals surface area contributed by atoms with Gasteiger partial charge in [0.15, 0.2) is 0 Å². The lowest BCUT2D eigenvalue weighted by Crippen LogP contribution is -2.38. The van der Waals surface area contributed by atoms with Crippen LogP contribution < -0.4 is 5.32 Å². The van der Waals surface area contributed by atoms with E-state index in [9.17, 15) is 14.4 Å². The standard InChI is InChI=1S/C21H21N5O3/c1-13-5-3-7-16(23-13)14-8-9-17(22-11-14)24-18(27)12-26-10-4-6-15-19(26)21(29)25(2)20(15)28/h3,5,7-9,11H,4,6,10,12H2,1-2H3,(H,22,24,27). The molecule has 2 aromatic rings. The van der Waals surface area contributed by atoms with Crippen LogP contribution in [0.1, 0.15) is 18.5 Å². The Labute approximate surface area is 168 Å². The molecule has 148 valence electrons. The summed E-state index contributed by atoms with van der Waals surface area (Å²) in [4.78, 5) is 48.5. The zero-order valence-corrected chi connectivity index (χ0v) is 16.3. The quantitative estimate of drug-likeness (QED) is 0.798. The molecular weight excluding hydrogens is 370 g/mol. The van der Waals surface area contributed by atoms with Gasteiger partial charge >= 0.3 is 0 Å². The van der Waals surface area contributed by atoms with Crippen molar-refractivity contribution in [2.24, 2.45) is 0 Å². The largest absolute Gasteiger partial charge is 0.357 e. The van der Waals surface area contributed by atoms with Crippen molar-refractivity contribution < 1.29 is 14.4 Å². The van der Waals surface area contributed by atoms with Crippen LogP contribution in [0.25, 0.3) is 11.3 Å². The minimum Gasteiger partial charge on any atom is -0.357 e. The van der Waals surface area contributed by atoms with Crippen molar-refractivity contribution in [2.75, 3.05) is 25.5 Å². The Hall–Kier alpha value is -3.55. The van der Waals surface area contributed by atoms with Gasteiger partial charge in [0.25, 0.3) is 11.8 Å². The Balaban J connectivity index is 1.44. The SMILES string of the molecule is Cc1cccc(-c2ccc(NC(=O)CN3CCCC4=C3C(=O)N(C)C4=O)nc2)n1. The first kappa shape index (κ1) is 18.8. The average molecular weight is 391 g/mol. The van der Waals surface area contributed by atoms with Crippen LogP contribution >= 0.6 is 0 Å². The number of nitrogens with zero attached hydrogens (tertiary/aromatic N) is 4. The van der Waals surface area contributed by atoms with Crippen LogP contribution in [0.3, 0.4) is 0 Å². The summed E-state index contributed by atoms with van der Waals surface area (Å²) >= 11 is 0. The highest BCUT2D eigenvalue weighted by Gasteiger charge is 2.40. The van der Waals surface area contributed by atoms with Crippen LogP contribution in [0, 0.1) is 6.92 Å². The van der Waals surface area contributed by atoms with Crippen molar-refractivity contribution in [2.45, 2.75) is 19.8 Å². The molecule has 0 fully saturated rings. The Morgan fingerprint density at radius 3 is 2.72 bits per heavy atom. The fraction of sp³-hybridized carbons (Fsp3) is 0.286. The maximum absolute atomic E-state index is 12.5. The van der Waals surface area contributed by atoms with Crippen LogP contribution in [-0.2, 0) is 14.4 Å². The molecule has 0 saturated carbocycles. The van der Waals surface area contributed by atoms with Gasteiger partial charge in [0.2, 0.25) is 5.91 Å². The minimum absolute atomic E-state index is 0.00540. The van der Waals surface area contributed by atoms with E-state index < -0.39 is 0 Å². The molecule has 0 atom stereocenters.